The molecule has 3 nitrogen and oxygen atoms in total. The summed E-state index contributed by atoms with van der Waals surface area (Å²) in [5.41, 5.74) is 0.743. The van der Waals surface area contributed by atoms with Crippen LogP contribution in [-0.2, 0) is 11.2 Å². The third-order valence-corrected chi connectivity index (χ3v) is 3.85. The Hall–Kier alpha value is -0.680. The first-order valence-electron chi connectivity index (χ1n) is 6.56. The summed E-state index contributed by atoms with van der Waals surface area (Å²) < 4.78 is 18.6. The molecule has 0 bridgehead atoms. The van der Waals surface area contributed by atoms with E-state index in [1.54, 1.807) is 6.07 Å². The minimum absolute atomic E-state index is 0.213. The Morgan fingerprint density at radius 1 is 1.58 bits per heavy atom. The Bertz CT molecular complexity index is 430. The zero-order valence-electron chi connectivity index (χ0n) is 11.0. The zero-order chi connectivity index (χ0) is 13.8. The lowest BCUT2D eigenvalue weighted by Crippen LogP contribution is -2.48. The Morgan fingerprint density at radius 2 is 2.37 bits per heavy atom. The molecule has 1 aromatic carbocycles. The molecular weight excluding hydrogens is 269 g/mol. The predicted octanol–water partition coefficient (Wildman–Crippen LogP) is 2.10. The van der Waals surface area contributed by atoms with Gasteiger partial charge in [0.05, 0.1) is 18.8 Å². The maximum atomic E-state index is 13.0. The molecule has 1 N–H and O–H groups in total. The molecule has 2 atom stereocenters. The quantitative estimate of drug-likeness (QED) is 0.921. The van der Waals surface area contributed by atoms with Crippen molar-refractivity contribution in [3.63, 3.8) is 0 Å². The number of halogens is 2. The molecule has 0 aliphatic carbocycles. The van der Waals surface area contributed by atoms with E-state index in [9.17, 15) is 9.50 Å². The molecule has 0 amide bonds. The number of hydrogen-bond acceptors (Lipinski definition) is 3. The molecule has 1 aromatic rings. The topological polar surface area (TPSA) is 32.7 Å². The lowest BCUT2D eigenvalue weighted by Gasteiger charge is -2.34. The van der Waals surface area contributed by atoms with Gasteiger partial charge >= 0.3 is 0 Å². The fourth-order valence-electron chi connectivity index (χ4n) is 2.30. The molecule has 2 rings (SSSR count). The molecular formula is C14H19ClFNO2. The summed E-state index contributed by atoms with van der Waals surface area (Å²) in [5, 5.41) is 10.6. The van der Waals surface area contributed by atoms with Gasteiger partial charge in [0.2, 0.25) is 0 Å². The van der Waals surface area contributed by atoms with Gasteiger partial charge in [0, 0.05) is 24.5 Å². The summed E-state index contributed by atoms with van der Waals surface area (Å²) in [7, 11) is 0. The minimum atomic E-state index is -0.627. The molecule has 0 saturated carbocycles. The van der Waals surface area contributed by atoms with Gasteiger partial charge in [-0.2, -0.15) is 0 Å². The predicted molar refractivity (Wildman–Crippen MR) is 73.0 cm³/mol. The summed E-state index contributed by atoms with van der Waals surface area (Å²) in [4.78, 5) is 2.24. The van der Waals surface area contributed by atoms with E-state index in [0.29, 0.717) is 18.1 Å². The van der Waals surface area contributed by atoms with E-state index >= 15 is 0 Å². The Balaban J connectivity index is 1.98. The highest BCUT2D eigenvalue weighted by Gasteiger charge is 2.26. The van der Waals surface area contributed by atoms with Gasteiger partial charge in [0.15, 0.2) is 0 Å². The molecule has 1 fully saturated rings. The van der Waals surface area contributed by atoms with Crippen LogP contribution in [-0.4, -0.2) is 48.5 Å². The first-order chi connectivity index (χ1) is 9.10. The molecule has 2 unspecified atom stereocenters. The van der Waals surface area contributed by atoms with E-state index in [1.807, 2.05) is 0 Å². The maximum absolute atomic E-state index is 13.0. The standard InChI is InChI=1S/C14H19ClFNO2/c1-2-17-5-6-19-14(9-17)13(18)7-10-3-4-11(16)8-12(10)15/h3-4,8,13-14,18H,2,5-7,9H2,1H3. The average molecular weight is 288 g/mol. The SMILES string of the molecule is CCN1CCOC(C(O)Cc2ccc(F)cc2Cl)C1. The lowest BCUT2D eigenvalue weighted by atomic mass is 10.0. The van der Waals surface area contributed by atoms with Gasteiger partial charge < -0.3 is 9.84 Å². The minimum Gasteiger partial charge on any atom is -0.390 e. The van der Waals surface area contributed by atoms with E-state index < -0.39 is 6.10 Å². The smallest absolute Gasteiger partial charge is 0.124 e. The molecule has 1 aliphatic heterocycles. The average Bonchev–Trinajstić information content (AvgIpc) is 2.42. The third kappa shape index (κ3) is 3.89. The van der Waals surface area contributed by atoms with Crippen LogP contribution in [0.1, 0.15) is 12.5 Å². The largest absolute Gasteiger partial charge is 0.390 e. The first kappa shape index (κ1) is 14.7. The highest BCUT2D eigenvalue weighted by molar-refractivity contribution is 6.31. The molecule has 0 spiro atoms. The maximum Gasteiger partial charge on any atom is 0.124 e. The van der Waals surface area contributed by atoms with Gasteiger partial charge in [0.1, 0.15) is 5.82 Å². The molecule has 19 heavy (non-hydrogen) atoms. The first-order valence-corrected chi connectivity index (χ1v) is 6.94. The van der Waals surface area contributed by atoms with E-state index in [0.717, 1.165) is 25.2 Å². The highest BCUT2D eigenvalue weighted by Crippen LogP contribution is 2.21. The van der Waals surface area contributed by atoms with Crippen molar-refractivity contribution in [1.82, 2.24) is 4.90 Å². The number of morpholine rings is 1. The van der Waals surface area contributed by atoms with Crippen molar-refractivity contribution >= 4 is 11.6 Å². The van der Waals surface area contributed by atoms with Crippen molar-refractivity contribution in [2.45, 2.75) is 25.6 Å². The third-order valence-electron chi connectivity index (χ3n) is 3.50. The summed E-state index contributed by atoms with van der Waals surface area (Å²) in [6, 6.07) is 4.24. The number of aliphatic hydroxyl groups excluding tert-OH is 1. The molecule has 1 saturated heterocycles. The van der Waals surface area contributed by atoms with Crippen molar-refractivity contribution in [2.24, 2.45) is 0 Å². The zero-order valence-corrected chi connectivity index (χ0v) is 11.7. The Kier molecular flexibility index (Phi) is 5.16. The number of benzene rings is 1. The van der Waals surface area contributed by atoms with Gasteiger partial charge in [-0.1, -0.05) is 24.6 Å². The van der Waals surface area contributed by atoms with Crippen LogP contribution >= 0.6 is 11.6 Å². The fourth-order valence-corrected chi connectivity index (χ4v) is 2.54. The lowest BCUT2D eigenvalue weighted by molar-refractivity contribution is -0.0867. The van der Waals surface area contributed by atoms with Crippen LogP contribution in [0.4, 0.5) is 4.39 Å². The second-order valence-electron chi connectivity index (χ2n) is 4.81. The molecule has 0 radical (unpaired) electrons. The van der Waals surface area contributed by atoms with Crippen LogP contribution in [0, 0.1) is 5.82 Å². The molecule has 1 heterocycles. The van der Waals surface area contributed by atoms with E-state index in [1.165, 1.54) is 12.1 Å². The van der Waals surface area contributed by atoms with Crippen LogP contribution in [0.25, 0.3) is 0 Å². The number of ether oxygens (including phenoxy) is 1. The summed E-state index contributed by atoms with van der Waals surface area (Å²) in [6.45, 7) is 5.29. The van der Waals surface area contributed by atoms with Crippen LogP contribution in [0.5, 0.6) is 0 Å². The summed E-state index contributed by atoms with van der Waals surface area (Å²) in [5.74, 6) is -0.366. The van der Waals surface area contributed by atoms with Crippen molar-refractivity contribution in [1.29, 1.82) is 0 Å². The Labute approximate surface area is 117 Å². The highest BCUT2D eigenvalue weighted by atomic mass is 35.5. The van der Waals surface area contributed by atoms with Crippen molar-refractivity contribution in [3.05, 3.63) is 34.6 Å². The number of rotatable bonds is 4. The molecule has 0 aromatic heterocycles. The number of nitrogens with zero attached hydrogens (tertiary/aromatic N) is 1. The van der Waals surface area contributed by atoms with Gasteiger partial charge in [-0.25, -0.2) is 4.39 Å². The van der Waals surface area contributed by atoms with Gasteiger partial charge in [-0.3, -0.25) is 4.90 Å². The van der Waals surface area contributed by atoms with Gasteiger partial charge in [-0.05, 0) is 24.2 Å². The van der Waals surface area contributed by atoms with Crippen LogP contribution < -0.4 is 0 Å². The Morgan fingerprint density at radius 3 is 3.05 bits per heavy atom. The number of likely N-dealkylation sites (N-methyl/N-ethyl adjacent to an activating group) is 1. The monoisotopic (exact) mass is 287 g/mol. The van der Waals surface area contributed by atoms with Crippen molar-refractivity contribution in [2.75, 3.05) is 26.2 Å². The summed E-state index contributed by atoms with van der Waals surface area (Å²) >= 11 is 5.97. The molecule has 5 heteroatoms. The van der Waals surface area contributed by atoms with Crippen molar-refractivity contribution in [3.8, 4) is 0 Å². The number of hydrogen-bond donors (Lipinski definition) is 1. The van der Waals surface area contributed by atoms with E-state index in [-0.39, 0.29) is 11.9 Å². The van der Waals surface area contributed by atoms with Crippen LogP contribution in [0.3, 0.4) is 0 Å². The number of aliphatic hydroxyl groups is 1. The van der Waals surface area contributed by atoms with Crippen LogP contribution in [0.2, 0.25) is 5.02 Å². The van der Waals surface area contributed by atoms with Gasteiger partial charge in [0.25, 0.3) is 0 Å². The van der Waals surface area contributed by atoms with E-state index in [2.05, 4.69) is 11.8 Å². The fraction of sp³-hybridized carbons (Fsp3) is 0.571. The molecule has 106 valence electrons. The van der Waals surface area contributed by atoms with E-state index in [4.69, 9.17) is 16.3 Å². The van der Waals surface area contributed by atoms with Crippen LogP contribution in [0.15, 0.2) is 18.2 Å². The van der Waals surface area contributed by atoms with Crippen molar-refractivity contribution < 1.29 is 14.2 Å². The normalized spacial score (nSPS) is 22.4. The molecule has 1 aliphatic rings. The second-order valence-corrected chi connectivity index (χ2v) is 5.22. The summed E-state index contributed by atoms with van der Waals surface area (Å²) in [6.07, 6.45) is -0.464. The second kappa shape index (κ2) is 6.66. The van der Waals surface area contributed by atoms with Gasteiger partial charge in [-0.15, -0.1) is 0 Å².